The predicted octanol–water partition coefficient (Wildman–Crippen LogP) is 4.38. The SMILES string of the molecule is CCOc1ccc(N(CC(=O)NCCc2ccc(OC)c(OC)c2)S(=O)(=O)c2ccc(SC)cc2)cc1. The molecule has 0 saturated heterocycles. The Balaban J connectivity index is 1.77. The Hall–Kier alpha value is -3.37. The second-order valence-corrected chi connectivity index (χ2v) is 10.6. The van der Waals surface area contributed by atoms with Crippen molar-refractivity contribution in [2.24, 2.45) is 0 Å². The van der Waals surface area contributed by atoms with Gasteiger partial charge in [-0.15, -0.1) is 11.8 Å². The van der Waals surface area contributed by atoms with Crippen molar-refractivity contribution < 1.29 is 27.4 Å². The molecule has 0 saturated carbocycles. The van der Waals surface area contributed by atoms with E-state index in [0.717, 1.165) is 14.8 Å². The monoisotopic (exact) mass is 544 g/mol. The van der Waals surface area contributed by atoms with Crippen LogP contribution in [0, 0.1) is 0 Å². The molecule has 3 aromatic carbocycles. The molecule has 0 bridgehead atoms. The van der Waals surface area contributed by atoms with Crippen LogP contribution in [0.1, 0.15) is 12.5 Å². The van der Waals surface area contributed by atoms with E-state index in [-0.39, 0.29) is 11.4 Å². The van der Waals surface area contributed by atoms with Crippen LogP contribution in [0.5, 0.6) is 17.2 Å². The fraction of sp³-hybridized carbons (Fsp3) is 0.296. The van der Waals surface area contributed by atoms with E-state index in [4.69, 9.17) is 14.2 Å². The third-order valence-corrected chi connectivity index (χ3v) is 8.09. The van der Waals surface area contributed by atoms with Crippen molar-refractivity contribution in [3.8, 4) is 17.2 Å². The second kappa shape index (κ2) is 13.3. The number of nitrogens with zero attached hydrogens (tertiary/aromatic N) is 1. The number of anilines is 1. The lowest BCUT2D eigenvalue weighted by Gasteiger charge is -2.24. The van der Waals surface area contributed by atoms with Crippen molar-refractivity contribution in [3.63, 3.8) is 0 Å². The number of sulfonamides is 1. The highest BCUT2D eigenvalue weighted by Gasteiger charge is 2.27. The van der Waals surface area contributed by atoms with E-state index in [1.807, 2.05) is 25.3 Å². The summed E-state index contributed by atoms with van der Waals surface area (Å²) in [5.41, 5.74) is 1.32. The molecule has 1 N–H and O–H groups in total. The van der Waals surface area contributed by atoms with Crippen molar-refractivity contribution in [3.05, 3.63) is 72.3 Å². The van der Waals surface area contributed by atoms with E-state index < -0.39 is 15.9 Å². The van der Waals surface area contributed by atoms with Crippen LogP contribution in [0.4, 0.5) is 5.69 Å². The van der Waals surface area contributed by atoms with Gasteiger partial charge in [-0.1, -0.05) is 6.07 Å². The highest BCUT2D eigenvalue weighted by molar-refractivity contribution is 7.98. The van der Waals surface area contributed by atoms with E-state index in [1.54, 1.807) is 68.8 Å². The van der Waals surface area contributed by atoms with Crippen molar-refractivity contribution in [1.29, 1.82) is 0 Å². The summed E-state index contributed by atoms with van der Waals surface area (Å²) in [6, 6.07) is 18.8. The molecule has 0 fully saturated rings. The lowest BCUT2D eigenvalue weighted by molar-refractivity contribution is -0.119. The zero-order valence-corrected chi connectivity index (χ0v) is 23.0. The third-order valence-electron chi connectivity index (χ3n) is 5.55. The van der Waals surface area contributed by atoms with E-state index in [2.05, 4.69) is 5.32 Å². The number of thioether (sulfide) groups is 1. The molecular weight excluding hydrogens is 512 g/mol. The first-order chi connectivity index (χ1) is 17.8. The third kappa shape index (κ3) is 7.33. The van der Waals surface area contributed by atoms with Gasteiger partial charge in [-0.25, -0.2) is 8.42 Å². The van der Waals surface area contributed by atoms with Gasteiger partial charge in [-0.05, 0) is 85.8 Å². The molecule has 0 spiro atoms. The Morgan fingerprint density at radius 3 is 2.22 bits per heavy atom. The molecule has 198 valence electrons. The molecule has 0 aliphatic rings. The Bertz CT molecular complexity index is 1280. The van der Waals surface area contributed by atoms with Crippen molar-refractivity contribution in [2.75, 3.05) is 44.5 Å². The van der Waals surface area contributed by atoms with Crippen LogP contribution in [-0.2, 0) is 21.2 Å². The summed E-state index contributed by atoms with van der Waals surface area (Å²) in [5.74, 6) is 1.43. The van der Waals surface area contributed by atoms with Gasteiger partial charge in [0.05, 0.1) is 31.4 Å². The number of carbonyl (C=O) groups is 1. The molecular formula is C27H32N2O6S2. The number of ether oxygens (including phenoxy) is 3. The highest BCUT2D eigenvalue weighted by Crippen LogP contribution is 2.28. The molecule has 1 amide bonds. The summed E-state index contributed by atoms with van der Waals surface area (Å²) in [6.07, 6.45) is 2.46. The van der Waals surface area contributed by atoms with Gasteiger partial charge in [-0.3, -0.25) is 9.10 Å². The first kappa shape index (κ1) is 28.2. The fourth-order valence-electron chi connectivity index (χ4n) is 3.63. The fourth-order valence-corrected chi connectivity index (χ4v) is 5.46. The highest BCUT2D eigenvalue weighted by atomic mass is 32.2. The van der Waals surface area contributed by atoms with Crippen LogP contribution in [0.3, 0.4) is 0 Å². The van der Waals surface area contributed by atoms with Crippen molar-refractivity contribution >= 4 is 33.4 Å². The number of carbonyl (C=O) groups excluding carboxylic acids is 1. The minimum atomic E-state index is -4.00. The molecule has 0 aliphatic carbocycles. The van der Waals surface area contributed by atoms with E-state index in [0.29, 0.717) is 42.5 Å². The van der Waals surface area contributed by atoms with Crippen LogP contribution in [-0.4, -0.2) is 54.5 Å². The van der Waals surface area contributed by atoms with Crippen LogP contribution in [0.2, 0.25) is 0 Å². The number of rotatable bonds is 13. The lowest BCUT2D eigenvalue weighted by Crippen LogP contribution is -2.41. The minimum Gasteiger partial charge on any atom is -0.494 e. The minimum absolute atomic E-state index is 0.109. The number of amides is 1. The second-order valence-electron chi connectivity index (χ2n) is 7.90. The number of hydrogen-bond acceptors (Lipinski definition) is 7. The summed E-state index contributed by atoms with van der Waals surface area (Å²) in [6.45, 7) is 2.32. The summed E-state index contributed by atoms with van der Waals surface area (Å²) < 4.78 is 44.3. The van der Waals surface area contributed by atoms with E-state index in [9.17, 15) is 13.2 Å². The normalized spacial score (nSPS) is 11.0. The van der Waals surface area contributed by atoms with E-state index in [1.165, 1.54) is 11.8 Å². The molecule has 0 unspecified atom stereocenters. The zero-order valence-electron chi connectivity index (χ0n) is 21.4. The van der Waals surface area contributed by atoms with Gasteiger partial charge in [0.1, 0.15) is 12.3 Å². The van der Waals surface area contributed by atoms with Gasteiger partial charge in [0.2, 0.25) is 5.91 Å². The number of methoxy groups -OCH3 is 2. The first-order valence-corrected chi connectivity index (χ1v) is 14.4. The van der Waals surface area contributed by atoms with Crippen molar-refractivity contribution in [2.45, 2.75) is 23.1 Å². The maximum absolute atomic E-state index is 13.6. The van der Waals surface area contributed by atoms with Gasteiger partial charge >= 0.3 is 0 Å². The standard InChI is InChI=1S/C27H32N2O6S2/c1-5-35-22-9-7-21(8-10-22)29(37(31,32)24-13-11-23(36-4)12-14-24)19-27(30)28-17-16-20-6-15-25(33-2)26(18-20)34-3/h6-15,18H,5,16-17,19H2,1-4H3,(H,28,30). The molecule has 0 atom stereocenters. The summed E-state index contributed by atoms with van der Waals surface area (Å²) >= 11 is 1.52. The maximum Gasteiger partial charge on any atom is 0.264 e. The number of hydrogen-bond donors (Lipinski definition) is 1. The van der Waals surface area contributed by atoms with Gasteiger partial charge in [0.25, 0.3) is 10.0 Å². The molecule has 0 radical (unpaired) electrons. The Kier molecular flexibility index (Phi) is 10.1. The molecule has 3 rings (SSSR count). The van der Waals surface area contributed by atoms with Crippen LogP contribution in [0.15, 0.2) is 76.5 Å². The smallest absolute Gasteiger partial charge is 0.264 e. The quantitative estimate of drug-likeness (QED) is 0.319. The van der Waals surface area contributed by atoms with Crippen LogP contribution < -0.4 is 23.8 Å². The average molecular weight is 545 g/mol. The number of benzene rings is 3. The van der Waals surface area contributed by atoms with Crippen LogP contribution in [0.25, 0.3) is 0 Å². The first-order valence-electron chi connectivity index (χ1n) is 11.7. The molecule has 37 heavy (non-hydrogen) atoms. The Morgan fingerprint density at radius 1 is 0.946 bits per heavy atom. The molecule has 10 heteroatoms. The van der Waals surface area contributed by atoms with E-state index >= 15 is 0 Å². The average Bonchev–Trinajstić information content (AvgIpc) is 2.92. The van der Waals surface area contributed by atoms with Gasteiger partial charge < -0.3 is 19.5 Å². The molecule has 3 aromatic rings. The topological polar surface area (TPSA) is 94.2 Å². The largest absolute Gasteiger partial charge is 0.494 e. The summed E-state index contributed by atoms with van der Waals surface area (Å²) in [7, 11) is -0.869. The molecule has 0 heterocycles. The predicted molar refractivity (Wildman–Crippen MR) is 147 cm³/mol. The van der Waals surface area contributed by atoms with Crippen molar-refractivity contribution in [1.82, 2.24) is 5.32 Å². The van der Waals surface area contributed by atoms with Gasteiger partial charge in [0.15, 0.2) is 11.5 Å². The number of nitrogens with one attached hydrogen (secondary N) is 1. The molecule has 0 aliphatic heterocycles. The van der Waals surface area contributed by atoms with Crippen LogP contribution >= 0.6 is 11.8 Å². The van der Waals surface area contributed by atoms with Gasteiger partial charge in [-0.2, -0.15) is 0 Å². The molecule has 0 aromatic heterocycles. The summed E-state index contributed by atoms with van der Waals surface area (Å²) in [4.78, 5) is 14.0. The Labute approximate surface area is 223 Å². The van der Waals surface area contributed by atoms with Gasteiger partial charge in [0, 0.05) is 11.4 Å². The zero-order chi connectivity index (χ0) is 26.8. The summed E-state index contributed by atoms with van der Waals surface area (Å²) in [5, 5.41) is 2.83. The maximum atomic E-state index is 13.6. The Morgan fingerprint density at radius 2 is 1.62 bits per heavy atom. The molecule has 8 nitrogen and oxygen atoms in total. The lowest BCUT2D eigenvalue weighted by atomic mass is 10.1.